The van der Waals surface area contributed by atoms with Crippen LogP contribution in [0.2, 0.25) is 0 Å². The average molecular weight is 201 g/mol. The highest BCUT2D eigenvalue weighted by molar-refractivity contribution is 5.69. The van der Waals surface area contributed by atoms with E-state index < -0.39 is 0 Å². The molecule has 0 amide bonds. The van der Waals surface area contributed by atoms with Gasteiger partial charge in [0.1, 0.15) is 0 Å². The van der Waals surface area contributed by atoms with Gasteiger partial charge in [0.05, 0.1) is 0 Å². The molecule has 0 spiro atoms. The van der Waals surface area contributed by atoms with E-state index in [0.29, 0.717) is 5.92 Å². The first-order valence-electron chi connectivity index (χ1n) is 5.91. The van der Waals surface area contributed by atoms with Gasteiger partial charge >= 0.3 is 0 Å². The van der Waals surface area contributed by atoms with Crippen molar-refractivity contribution in [2.45, 2.75) is 39.5 Å². The Kier molecular flexibility index (Phi) is 3.20. The number of nitrogens with zero attached hydrogens (tertiary/aromatic N) is 1. The predicted octanol–water partition coefficient (Wildman–Crippen LogP) is 4.07. The molecule has 0 fully saturated rings. The van der Waals surface area contributed by atoms with Crippen molar-refractivity contribution in [3.05, 3.63) is 35.7 Å². The summed E-state index contributed by atoms with van der Waals surface area (Å²) in [6, 6.07) is 4.23. The Morgan fingerprint density at radius 3 is 2.67 bits per heavy atom. The normalized spacial score (nSPS) is 17.3. The van der Waals surface area contributed by atoms with Gasteiger partial charge in [-0.1, -0.05) is 25.5 Å². The van der Waals surface area contributed by atoms with E-state index in [9.17, 15) is 0 Å². The predicted molar refractivity (Wildman–Crippen MR) is 64.5 cm³/mol. The van der Waals surface area contributed by atoms with E-state index in [0.717, 1.165) is 0 Å². The van der Waals surface area contributed by atoms with Crippen LogP contribution >= 0.6 is 0 Å². The van der Waals surface area contributed by atoms with Crippen LogP contribution in [-0.2, 0) is 0 Å². The first-order valence-corrected chi connectivity index (χ1v) is 5.91. The molecule has 0 bridgehead atoms. The second-order valence-electron chi connectivity index (χ2n) is 4.61. The Bertz CT molecular complexity index is 349. The lowest BCUT2D eigenvalue weighted by atomic mass is 9.83. The molecule has 15 heavy (non-hydrogen) atoms. The van der Waals surface area contributed by atoms with Crippen molar-refractivity contribution >= 4 is 5.57 Å². The smallest absolute Gasteiger partial charge is 0.0343 e. The maximum Gasteiger partial charge on any atom is 0.0343 e. The minimum absolute atomic E-state index is 0.681. The minimum Gasteiger partial charge on any atom is -0.264 e. The molecule has 1 aromatic rings. The van der Waals surface area contributed by atoms with Crippen molar-refractivity contribution in [3.8, 4) is 0 Å². The molecule has 80 valence electrons. The van der Waals surface area contributed by atoms with E-state index in [1.807, 2.05) is 18.5 Å². The summed E-state index contributed by atoms with van der Waals surface area (Å²) in [7, 11) is 0. The molecule has 1 aromatic heterocycles. The van der Waals surface area contributed by atoms with Crippen molar-refractivity contribution in [3.63, 3.8) is 0 Å². The van der Waals surface area contributed by atoms with Crippen LogP contribution < -0.4 is 0 Å². The van der Waals surface area contributed by atoms with Crippen LogP contribution in [0.5, 0.6) is 0 Å². The fourth-order valence-electron chi connectivity index (χ4n) is 2.44. The van der Waals surface area contributed by atoms with Gasteiger partial charge in [-0.05, 0) is 48.8 Å². The van der Waals surface area contributed by atoms with Crippen LogP contribution in [-0.4, -0.2) is 4.98 Å². The second kappa shape index (κ2) is 4.61. The van der Waals surface area contributed by atoms with Crippen LogP contribution in [0.1, 0.15) is 45.1 Å². The van der Waals surface area contributed by atoms with E-state index in [2.05, 4.69) is 24.9 Å². The molecule has 0 saturated carbocycles. The molecule has 1 nitrogen and oxygen atoms in total. The van der Waals surface area contributed by atoms with Crippen LogP contribution in [0, 0.1) is 5.92 Å². The Labute approximate surface area is 92.2 Å². The lowest BCUT2D eigenvalue weighted by Gasteiger charge is -2.23. The maximum atomic E-state index is 4.22. The molecule has 0 aliphatic heterocycles. The molecule has 1 aliphatic rings. The summed E-state index contributed by atoms with van der Waals surface area (Å²) in [5.74, 6) is 0.681. The monoisotopic (exact) mass is 201 g/mol. The standard InChI is InChI=1S/C14H19N/c1-11(2)13-7-3-4-8-14(13)12-6-5-9-15-10-12/h5-6,9-11H,3-4,7-8H2,1-2H3. The summed E-state index contributed by atoms with van der Waals surface area (Å²) >= 11 is 0. The van der Waals surface area contributed by atoms with Crippen LogP contribution in [0.3, 0.4) is 0 Å². The fraction of sp³-hybridized carbons (Fsp3) is 0.500. The zero-order chi connectivity index (χ0) is 10.7. The van der Waals surface area contributed by atoms with Gasteiger partial charge in [0.2, 0.25) is 0 Å². The van der Waals surface area contributed by atoms with Gasteiger partial charge in [-0.2, -0.15) is 0 Å². The zero-order valence-corrected chi connectivity index (χ0v) is 9.66. The van der Waals surface area contributed by atoms with Gasteiger partial charge in [0, 0.05) is 12.4 Å². The van der Waals surface area contributed by atoms with E-state index in [1.165, 1.54) is 31.2 Å². The third-order valence-electron chi connectivity index (χ3n) is 3.22. The van der Waals surface area contributed by atoms with Crippen molar-refractivity contribution in [1.82, 2.24) is 4.98 Å². The summed E-state index contributed by atoms with van der Waals surface area (Å²) < 4.78 is 0. The van der Waals surface area contributed by atoms with Crippen LogP contribution in [0.15, 0.2) is 30.1 Å². The molecule has 2 rings (SSSR count). The van der Waals surface area contributed by atoms with Crippen molar-refractivity contribution in [2.75, 3.05) is 0 Å². The summed E-state index contributed by atoms with van der Waals surface area (Å²) in [5.41, 5.74) is 4.54. The molecule has 0 radical (unpaired) electrons. The number of hydrogen-bond acceptors (Lipinski definition) is 1. The first-order chi connectivity index (χ1) is 7.29. The summed E-state index contributed by atoms with van der Waals surface area (Å²) in [6.07, 6.45) is 9.06. The molecule has 0 saturated heterocycles. The molecule has 0 N–H and O–H groups in total. The number of allylic oxidation sites excluding steroid dienone is 2. The van der Waals surface area contributed by atoms with E-state index in [1.54, 1.807) is 11.1 Å². The SMILES string of the molecule is CC(C)C1=C(c2cccnc2)CCCC1. The summed E-state index contributed by atoms with van der Waals surface area (Å²) in [4.78, 5) is 4.22. The topological polar surface area (TPSA) is 12.9 Å². The average Bonchev–Trinajstić information content (AvgIpc) is 2.30. The van der Waals surface area contributed by atoms with Crippen molar-refractivity contribution < 1.29 is 0 Å². The second-order valence-corrected chi connectivity index (χ2v) is 4.61. The quantitative estimate of drug-likeness (QED) is 0.703. The van der Waals surface area contributed by atoms with Crippen LogP contribution in [0.4, 0.5) is 0 Å². The molecule has 1 heteroatoms. The van der Waals surface area contributed by atoms with Gasteiger partial charge in [0.15, 0.2) is 0 Å². The molecule has 1 heterocycles. The number of hydrogen-bond donors (Lipinski definition) is 0. The van der Waals surface area contributed by atoms with Gasteiger partial charge in [-0.25, -0.2) is 0 Å². The maximum absolute atomic E-state index is 4.22. The van der Waals surface area contributed by atoms with E-state index >= 15 is 0 Å². The Balaban J connectivity index is 2.39. The highest BCUT2D eigenvalue weighted by atomic mass is 14.6. The fourth-order valence-corrected chi connectivity index (χ4v) is 2.44. The largest absolute Gasteiger partial charge is 0.264 e. The van der Waals surface area contributed by atoms with Gasteiger partial charge in [-0.15, -0.1) is 0 Å². The zero-order valence-electron chi connectivity index (χ0n) is 9.66. The number of pyridine rings is 1. The Morgan fingerprint density at radius 2 is 2.00 bits per heavy atom. The molecular weight excluding hydrogens is 182 g/mol. The Morgan fingerprint density at radius 1 is 1.20 bits per heavy atom. The molecule has 0 atom stereocenters. The van der Waals surface area contributed by atoms with Crippen LogP contribution in [0.25, 0.3) is 5.57 Å². The molecule has 1 aliphatic carbocycles. The molecule has 0 aromatic carbocycles. The van der Waals surface area contributed by atoms with E-state index in [-0.39, 0.29) is 0 Å². The third kappa shape index (κ3) is 2.28. The first kappa shape index (κ1) is 10.4. The molecule has 0 unspecified atom stereocenters. The number of rotatable bonds is 2. The minimum atomic E-state index is 0.681. The molecular formula is C14H19N. The van der Waals surface area contributed by atoms with Gasteiger partial charge < -0.3 is 0 Å². The third-order valence-corrected chi connectivity index (χ3v) is 3.22. The van der Waals surface area contributed by atoms with Crippen molar-refractivity contribution in [2.24, 2.45) is 5.92 Å². The lowest BCUT2D eigenvalue weighted by Crippen LogP contribution is -2.05. The number of aromatic nitrogens is 1. The summed E-state index contributed by atoms with van der Waals surface area (Å²) in [6.45, 7) is 4.61. The highest BCUT2D eigenvalue weighted by Crippen LogP contribution is 2.35. The van der Waals surface area contributed by atoms with E-state index in [4.69, 9.17) is 0 Å². The van der Waals surface area contributed by atoms with Gasteiger partial charge in [-0.3, -0.25) is 4.98 Å². The van der Waals surface area contributed by atoms with Gasteiger partial charge in [0.25, 0.3) is 0 Å². The highest BCUT2D eigenvalue weighted by Gasteiger charge is 2.16. The lowest BCUT2D eigenvalue weighted by molar-refractivity contribution is 0.631. The summed E-state index contributed by atoms with van der Waals surface area (Å²) in [5, 5.41) is 0. The Hall–Kier alpha value is -1.11. The van der Waals surface area contributed by atoms with Crippen molar-refractivity contribution in [1.29, 1.82) is 0 Å².